The monoisotopic (exact) mass is 276 g/mol. The molecular formula is C16H24N2O2. The van der Waals surface area contributed by atoms with Crippen LogP contribution in [-0.2, 0) is 6.42 Å². The molecule has 0 unspecified atom stereocenters. The van der Waals surface area contributed by atoms with Gasteiger partial charge in [0.2, 0.25) is 0 Å². The van der Waals surface area contributed by atoms with Crippen molar-refractivity contribution in [2.75, 3.05) is 13.1 Å². The van der Waals surface area contributed by atoms with E-state index in [1.54, 1.807) is 0 Å². The average molecular weight is 276 g/mol. The summed E-state index contributed by atoms with van der Waals surface area (Å²) in [6.07, 6.45) is 2.19. The maximum atomic E-state index is 10.3. The Morgan fingerprint density at radius 3 is 2.80 bits per heavy atom. The summed E-state index contributed by atoms with van der Waals surface area (Å²) in [5, 5.41) is 13.7. The van der Waals surface area contributed by atoms with Gasteiger partial charge in [-0.15, -0.1) is 0 Å². The van der Waals surface area contributed by atoms with Gasteiger partial charge in [0.1, 0.15) is 11.9 Å². The molecule has 20 heavy (non-hydrogen) atoms. The van der Waals surface area contributed by atoms with Crippen molar-refractivity contribution in [3.63, 3.8) is 0 Å². The molecule has 0 aromatic carbocycles. The first-order chi connectivity index (χ1) is 9.67. The fourth-order valence-electron chi connectivity index (χ4n) is 3.50. The van der Waals surface area contributed by atoms with Crippen molar-refractivity contribution >= 4 is 0 Å². The Bertz CT molecular complexity index is 478. The number of aliphatic hydroxyl groups is 1. The molecule has 4 atom stereocenters. The smallest absolute Gasteiger partial charge is 0.141 e. The molecule has 0 spiro atoms. The lowest BCUT2D eigenvalue weighted by Crippen LogP contribution is -2.42. The molecule has 1 aliphatic carbocycles. The second-order valence-corrected chi connectivity index (χ2v) is 6.12. The average Bonchev–Trinajstić information content (AvgIpc) is 2.88. The summed E-state index contributed by atoms with van der Waals surface area (Å²) in [5.74, 6) is 2.10. The van der Waals surface area contributed by atoms with Crippen molar-refractivity contribution in [1.82, 2.24) is 10.3 Å². The Morgan fingerprint density at radius 2 is 2.05 bits per heavy atom. The zero-order chi connectivity index (χ0) is 14.1. The van der Waals surface area contributed by atoms with Gasteiger partial charge in [0.15, 0.2) is 0 Å². The first kappa shape index (κ1) is 13.8. The Morgan fingerprint density at radius 1 is 1.30 bits per heavy atom. The molecule has 3 rings (SSSR count). The molecule has 4 heteroatoms. The predicted molar refractivity (Wildman–Crippen MR) is 77.9 cm³/mol. The number of ether oxygens (including phenoxy) is 1. The minimum Gasteiger partial charge on any atom is -0.486 e. The normalized spacial score (nSPS) is 33.0. The van der Waals surface area contributed by atoms with E-state index in [1.165, 1.54) is 0 Å². The fourth-order valence-corrected chi connectivity index (χ4v) is 3.50. The van der Waals surface area contributed by atoms with E-state index in [0.717, 1.165) is 49.5 Å². The van der Waals surface area contributed by atoms with Crippen LogP contribution in [0.3, 0.4) is 0 Å². The lowest BCUT2D eigenvalue weighted by atomic mass is 9.78. The molecule has 1 aliphatic heterocycles. The van der Waals surface area contributed by atoms with Crippen LogP contribution in [0.1, 0.15) is 31.2 Å². The zero-order valence-corrected chi connectivity index (χ0v) is 12.3. The summed E-state index contributed by atoms with van der Waals surface area (Å²) in [4.78, 5) is 4.53. The number of nitrogens with one attached hydrogen (secondary N) is 1. The summed E-state index contributed by atoms with van der Waals surface area (Å²) in [7, 11) is 0. The van der Waals surface area contributed by atoms with Gasteiger partial charge < -0.3 is 15.2 Å². The van der Waals surface area contributed by atoms with Gasteiger partial charge >= 0.3 is 0 Å². The number of aromatic nitrogens is 1. The number of aliphatic hydroxyl groups excluding tert-OH is 1. The summed E-state index contributed by atoms with van der Waals surface area (Å²) in [5.41, 5.74) is 2.00. The molecule has 2 heterocycles. The van der Waals surface area contributed by atoms with Crippen LogP contribution < -0.4 is 10.1 Å². The van der Waals surface area contributed by atoms with E-state index in [0.29, 0.717) is 11.8 Å². The Hall–Kier alpha value is -1.13. The van der Waals surface area contributed by atoms with Gasteiger partial charge in [-0.1, -0.05) is 6.92 Å². The molecule has 1 saturated heterocycles. The second-order valence-electron chi connectivity index (χ2n) is 6.12. The van der Waals surface area contributed by atoms with Gasteiger partial charge in [0.05, 0.1) is 11.8 Å². The zero-order valence-electron chi connectivity index (χ0n) is 12.3. The third-order valence-corrected chi connectivity index (χ3v) is 4.67. The van der Waals surface area contributed by atoms with Gasteiger partial charge in [0.25, 0.3) is 0 Å². The highest BCUT2D eigenvalue weighted by Crippen LogP contribution is 2.35. The van der Waals surface area contributed by atoms with E-state index in [-0.39, 0.29) is 12.2 Å². The second kappa shape index (κ2) is 5.70. The quantitative estimate of drug-likeness (QED) is 0.882. The van der Waals surface area contributed by atoms with Crippen LogP contribution in [0.15, 0.2) is 12.1 Å². The lowest BCUT2D eigenvalue weighted by Gasteiger charge is -2.35. The molecule has 0 amide bonds. The van der Waals surface area contributed by atoms with E-state index in [4.69, 9.17) is 4.74 Å². The molecule has 0 bridgehead atoms. The summed E-state index contributed by atoms with van der Waals surface area (Å²) < 4.78 is 6.11. The number of aryl methyl sites for hydroxylation is 2. The first-order valence-electron chi connectivity index (χ1n) is 7.69. The van der Waals surface area contributed by atoms with Gasteiger partial charge in [-0.05, 0) is 63.2 Å². The summed E-state index contributed by atoms with van der Waals surface area (Å²) in [6.45, 7) is 6.18. The third kappa shape index (κ3) is 2.67. The summed E-state index contributed by atoms with van der Waals surface area (Å²) >= 11 is 0. The SMILES string of the molecule is CCc1nc(C)ccc1O[C@@H]1C[C@@H]2CNC[C@@H]2C[C@H]1O. The predicted octanol–water partition coefficient (Wildman–Crippen LogP) is 1.69. The number of hydrogen-bond donors (Lipinski definition) is 2. The van der Waals surface area contributed by atoms with Crippen LogP contribution in [0.4, 0.5) is 0 Å². The maximum absolute atomic E-state index is 10.3. The van der Waals surface area contributed by atoms with Crippen LogP contribution in [0.2, 0.25) is 0 Å². The minimum atomic E-state index is -0.359. The Kier molecular flexibility index (Phi) is 3.94. The van der Waals surface area contributed by atoms with Gasteiger partial charge in [-0.25, -0.2) is 0 Å². The summed E-state index contributed by atoms with van der Waals surface area (Å²) in [6, 6.07) is 3.97. The third-order valence-electron chi connectivity index (χ3n) is 4.67. The first-order valence-corrected chi connectivity index (χ1v) is 7.69. The van der Waals surface area contributed by atoms with Crippen molar-refractivity contribution < 1.29 is 9.84 Å². The Balaban J connectivity index is 1.73. The van der Waals surface area contributed by atoms with Crippen LogP contribution in [-0.4, -0.2) is 35.4 Å². The van der Waals surface area contributed by atoms with E-state index in [1.807, 2.05) is 19.1 Å². The van der Waals surface area contributed by atoms with E-state index in [2.05, 4.69) is 17.2 Å². The standard InChI is InChI=1S/C16H24N2O2/c1-3-13-15(5-4-10(2)18-13)20-16-7-12-9-17-8-11(12)6-14(16)19/h4-5,11-12,14,16-17,19H,3,6-9H2,1-2H3/t11-,12+,14+,16+/m0/s1. The van der Waals surface area contributed by atoms with Crippen LogP contribution in [0, 0.1) is 18.8 Å². The van der Waals surface area contributed by atoms with E-state index < -0.39 is 0 Å². The topological polar surface area (TPSA) is 54.4 Å². The molecule has 1 saturated carbocycles. The number of nitrogens with zero attached hydrogens (tertiary/aromatic N) is 1. The Labute approximate surface area is 120 Å². The van der Waals surface area contributed by atoms with Crippen molar-refractivity contribution in [3.05, 3.63) is 23.5 Å². The minimum absolute atomic E-state index is 0.0917. The highest BCUT2D eigenvalue weighted by Gasteiger charge is 2.40. The molecular weight excluding hydrogens is 252 g/mol. The molecule has 2 N–H and O–H groups in total. The fraction of sp³-hybridized carbons (Fsp3) is 0.688. The lowest BCUT2D eigenvalue weighted by molar-refractivity contribution is -0.0237. The van der Waals surface area contributed by atoms with Gasteiger partial charge in [-0.3, -0.25) is 4.98 Å². The van der Waals surface area contributed by atoms with Crippen molar-refractivity contribution in [1.29, 1.82) is 0 Å². The molecule has 110 valence electrons. The van der Waals surface area contributed by atoms with Crippen LogP contribution >= 0.6 is 0 Å². The molecule has 2 fully saturated rings. The molecule has 1 aromatic heterocycles. The van der Waals surface area contributed by atoms with E-state index >= 15 is 0 Å². The van der Waals surface area contributed by atoms with Crippen LogP contribution in [0.5, 0.6) is 5.75 Å². The number of fused-ring (bicyclic) bond motifs is 1. The van der Waals surface area contributed by atoms with Crippen molar-refractivity contribution in [2.45, 2.75) is 45.3 Å². The largest absolute Gasteiger partial charge is 0.486 e. The molecule has 2 aliphatic rings. The number of hydrogen-bond acceptors (Lipinski definition) is 4. The maximum Gasteiger partial charge on any atom is 0.141 e. The highest BCUT2D eigenvalue weighted by molar-refractivity contribution is 5.29. The van der Waals surface area contributed by atoms with Gasteiger partial charge in [-0.2, -0.15) is 0 Å². The van der Waals surface area contributed by atoms with Crippen molar-refractivity contribution in [3.8, 4) is 5.75 Å². The number of rotatable bonds is 3. The highest BCUT2D eigenvalue weighted by atomic mass is 16.5. The number of pyridine rings is 1. The molecule has 4 nitrogen and oxygen atoms in total. The van der Waals surface area contributed by atoms with Crippen molar-refractivity contribution in [2.24, 2.45) is 11.8 Å². The van der Waals surface area contributed by atoms with E-state index in [9.17, 15) is 5.11 Å². The molecule has 0 radical (unpaired) electrons. The van der Waals surface area contributed by atoms with Crippen LogP contribution in [0.25, 0.3) is 0 Å². The molecule has 1 aromatic rings. The van der Waals surface area contributed by atoms with Gasteiger partial charge in [0, 0.05) is 5.69 Å².